The maximum Gasteiger partial charge on any atom is 0.275 e. The van der Waals surface area contributed by atoms with Crippen LogP contribution in [0.3, 0.4) is 0 Å². The Morgan fingerprint density at radius 3 is 3.14 bits per heavy atom. The van der Waals surface area contributed by atoms with Gasteiger partial charge in [0, 0.05) is 24.4 Å². The molecule has 21 heavy (non-hydrogen) atoms. The molecule has 0 amide bonds. The van der Waals surface area contributed by atoms with Crippen LogP contribution in [0.1, 0.15) is 30.0 Å². The predicted octanol–water partition coefficient (Wildman–Crippen LogP) is 1.12. The van der Waals surface area contributed by atoms with Crippen LogP contribution >= 0.6 is 11.3 Å². The lowest BCUT2D eigenvalue weighted by atomic mass is 10.1. The summed E-state index contributed by atoms with van der Waals surface area (Å²) >= 11 is 1.47. The molecule has 2 atom stereocenters. The highest BCUT2D eigenvalue weighted by Crippen LogP contribution is 2.38. The largest absolute Gasteiger partial charge is 0.376 e. The van der Waals surface area contributed by atoms with Crippen molar-refractivity contribution >= 4 is 16.3 Å². The molecule has 0 aromatic carbocycles. The molecule has 1 saturated heterocycles. The van der Waals surface area contributed by atoms with Gasteiger partial charge in [-0.05, 0) is 32.1 Å². The fourth-order valence-corrected chi connectivity index (χ4v) is 3.86. The van der Waals surface area contributed by atoms with E-state index in [1.165, 1.54) is 34.8 Å². The Hall–Kier alpha value is -1.31. The summed E-state index contributed by atoms with van der Waals surface area (Å²) < 4.78 is 7.21. The van der Waals surface area contributed by atoms with Crippen LogP contribution in [-0.2, 0) is 11.3 Å². The Morgan fingerprint density at radius 1 is 1.48 bits per heavy atom. The van der Waals surface area contributed by atoms with Crippen molar-refractivity contribution in [1.29, 1.82) is 0 Å². The van der Waals surface area contributed by atoms with Crippen molar-refractivity contribution in [3.63, 3.8) is 0 Å². The number of hydrogen-bond acceptors (Lipinski definition) is 6. The number of ether oxygens (including phenoxy) is 1. The summed E-state index contributed by atoms with van der Waals surface area (Å²) in [5.74, 6) is 0.743. The zero-order valence-electron chi connectivity index (χ0n) is 11.9. The molecule has 1 N–H and O–H groups in total. The lowest BCUT2D eigenvalue weighted by Gasteiger charge is -2.18. The van der Waals surface area contributed by atoms with Gasteiger partial charge in [0.2, 0.25) is 4.96 Å². The minimum absolute atomic E-state index is 0.111. The summed E-state index contributed by atoms with van der Waals surface area (Å²) in [4.78, 5) is 16.9. The van der Waals surface area contributed by atoms with E-state index < -0.39 is 0 Å². The van der Waals surface area contributed by atoms with Gasteiger partial charge in [-0.25, -0.2) is 4.98 Å². The lowest BCUT2D eigenvalue weighted by Crippen LogP contribution is -2.37. The highest BCUT2D eigenvalue weighted by molar-refractivity contribution is 7.16. The first-order valence-corrected chi connectivity index (χ1v) is 8.24. The standard InChI is InChI=1S/C14H18N4O2S/c1-8-6-12(19)18-14(16-8)21-11(17-18)7-15-10-4-5-20-13(10)9-2-3-9/h6,9-10,13,15H,2-5,7H2,1H3. The third-order valence-electron chi connectivity index (χ3n) is 4.15. The van der Waals surface area contributed by atoms with Crippen LogP contribution in [0.5, 0.6) is 0 Å². The van der Waals surface area contributed by atoms with Gasteiger partial charge in [0.25, 0.3) is 5.56 Å². The van der Waals surface area contributed by atoms with E-state index in [4.69, 9.17) is 4.74 Å². The molecule has 1 saturated carbocycles. The van der Waals surface area contributed by atoms with Gasteiger partial charge in [0.05, 0.1) is 12.6 Å². The quantitative estimate of drug-likeness (QED) is 0.916. The first-order valence-electron chi connectivity index (χ1n) is 7.42. The Morgan fingerprint density at radius 2 is 2.33 bits per heavy atom. The van der Waals surface area contributed by atoms with Crippen molar-refractivity contribution in [2.24, 2.45) is 5.92 Å². The van der Waals surface area contributed by atoms with Crippen molar-refractivity contribution in [1.82, 2.24) is 19.9 Å². The summed E-state index contributed by atoms with van der Waals surface area (Å²) in [6.45, 7) is 3.35. The number of fused-ring (bicyclic) bond motifs is 1. The molecule has 6 nitrogen and oxygen atoms in total. The van der Waals surface area contributed by atoms with Crippen LogP contribution in [-0.4, -0.2) is 33.4 Å². The average Bonchev–Trinajstić information content (AvgIpc) is 3.03. The fraction of sp³-hybridized carbons (Fsp3) is 0.643. The van der Waals surface area contributed by atoms with Crippen LogP contribution in [0.15, 0.2) is 10.9 Å². The van der Waals surface area contributed by atoms with E-state index in [-0.39, 0.29) is 5.56 Å². The molecule has 2 aromatic heterocycles. The zero-order chi connectivity index (χ0) is 14.4. The second-order valence-electron chi connectivity index (χ2n) is 5.87. The van der Waals surface area contributed by atoms with E-state index in [0.29, 0.717) is 23.7 Å². The molecule has 4 rings (SSSR count). The second kappa shape index (κ2) is 5.15. The van der Waals surface area contributed by atoms with Crippen LogP contribution in [0.4, 0.5) is 0 Å². The molecule has 7 heteroatoms. The van der Waals surface area contributed by atoms with Crippen LogP contribution in [0, 0.1) is 12.8 Å². The summed E-state index contributed by atoms with van der Waals surface area (Å²) in [5, 5.41) is 8.80. The normalized spacial score (nSPS) is 25.8. The maximum atomic E-state index is 11.8. The molecule has 2 aliphatic rings. The first kappa shape index (κ1) is 13.4. The Balaban J connectivity index is 1.49. The fourth-order valence-electron chi connectivity index (χ4n) is 2.97. The van der Waals surface area contributed by atoms with Crippen LogP contribution in [0.25, 0.3) is 4.96 Å². The first-order chi connectivity index (χ1) is 10.2. The molecule has 0 radical (unpaired) electrons. The predicted molar refractivity (Wildman–Crippen MR) is 79.6 cm³/mol. The Kier molecular flexibility index (Phi) is 3.28. The zero-order valence-corrected chi connectivity index (χ0v) is 12.7. The number of rotatable bonds is 4. The van der Waals surface area contributed by atoms with Crippen molar-refractivity contribution in [3.8, 4) is 0 Å². The molecular formula is C14H18N4O2S. The molecule has 1 aliphatic carbocycles. The third-order valence-corrected chi connectivity index (χ3v) is 5.06. The number of aryl methyl sites for hydroxylation is 1. The maximum absolute atomic E-state index is 11.8. The van der Waals surface area contributed by atoms with Gasteiger partial charge in [0.15, 0.2) is 0 Å². The van der Waals surface area contributed by atoms with Crippen LogP contribution in [0.2, 0.25) is 0 Å². The Labute approximate surface area is 126 Å². The summed E-state index contributed by atoms with van der Waals surface area (Å²) in [5.41, 5.74) is 0.626. The third kappa shape index (κ3) is 2.61. The molecule has 2 fully saturated rings. The second-order valence-corrected chi connectivity index (χ2v) is 6.92. The molecule has 112 valence electrons. The average molecular weight is 306 g/mol. The van der Waals surface area contributed by atoms with Crippen molar-refractivity contribution in [2.45, 2.75) is 44.9 Å². The van der Waals surface area contributed by atoms with E-state index in [9.17, 15) is 4.79 Å². The van der Waals surface area contributed by atoms with Crippen molar-refractivity contribution < 1.29 is 4.74 Å². The van der Waals surface area contributed by atoms with E-state index >= 15 is 0 Å². The van der Waals surface area contributed by atoms with E-state index in [1.807, 2.05) is 6.92 Å². The smallest absolute Gasteiger partial charge is 0.275 e. The van der Waals surface area contributed by atoms with E-state index in [1.54, 1.807) is 0 Å². The topological polar surface area (TPSA) is 68.5 Å². The number of nitrogens with one attached hydrogen (secondary N) is 1. The molecule has 3 heterocycles. The van der Waals surface area contributed by atoms with Crippen molar-refractivity contribution in [2.75, 3.05) is 6.61 Å². The molecule has 0 bridgehead atoms. The molecular weight excluding hydrogens is 288 g/mol. The minimum atomic E-state index is -0.111. The highest BCUT2D eigenvalue weighted by Gasteiger charge is 2.40. The molecule has 2 unspecified atom stereocenters. The molecule has 1 aliphatic heterocycles. The van der Waals surface area contributed by atoms with Crippen molar-refractivity contribution in [3.05, 3.63) is 27.1 Å². The summed E-state index contributed by atoms with van der Waals surface area (Å²) in [6.07, 6.45) is 4.01. The van der Waals surface area contributed by atoms with E-state index in [0.717, 1.165) is 29.6 Å². The lowest BCUT2D eigenvalue weighted by molar-refractivity contribution is 0.0808. The van der Waals surface area contributed by atoms with Gasteiger partial charge in [-0.15, -0.1) is 0 Å². The number of nitrogens with zero attached hydrogens (tertiary/aromatic N) is 3. The molecule has 0 spiro atoms. The van der Waals surface area contributed by atoms with Gasteiger partial charge < -0.3 is 10.1 Å². The minimum Gasteiger partial charge on any atom is -0.376 e. The van der Waals surface area contributed by atoms with Gasteiger partial charge in [0.1, 0.15) is 5.01 Å². The highest BCUT2D eigenvalue weighted by atomic mass is 32.1. The van der Waals surface area contributed by atoms with Gasteiger partial charge in [-0.3, -0.25) is 4.79 Å². The van der Waals surface area contributed by atoms with Gasteiger partial charge in [-0.1, -0.05) is 11.3 Å². The SMILES string of the molecule is Cc1cc(=O)n2nc(CNC3CCOC3C3CC3)sc2n1. The Bertz CT molecular complexity index is 721. The van der Waals surface area contributed by atoms with Gasteiger partial charge >= 0.3 is 0 Å². The van der Waals surface area contributed by atoms with E-state index in [2.05, 4.69) is 15.4 Å². The monoisotopic (exact) mass is 306 g/mol. The summed E-state index contributed by atoms with van der Waals surface area (Å²) in [7, 11) is 0. The number of aromatic nitrogens is 3. The summed E-state index contributed by atoms with van der Waals surface area (Å²) in [6, 6.07) is 1.92. The molecule has 2 aromatic rings. The van der Waals surface area contributed by atoms with Gasteiger partial charge in [-0.2, -0.15) is 9.61 Å². The van der Waals surface area contributed by atoms with Crippen LogP contribution < -0.4 is 10.9 Å². The number of hydrogen-bond donors (Lipinski definition) is 1.